The molecule has 0 saturated carbocycles. The van der Waals surface area contributed by atoms with E-state index in [4.69, 9.17) is 0 Å². The minimum Gasteiger partial charge on any atom is -0.147 e. The maximum absolute atomic E-state index is 2.83. The number of piperidine rings is 2. The molecule has 0 bridgehead atoms. The van der Waals surface area contributed by atoms with Crippen LogP contribution in [0.4, 0.5) is 0 Å². The van der Waals surface area contributed by atoms with Gasteiger partial charge in [-0.15, -0.1) is 24.8 Å². The van der Waals surface area contributed by atoms with Crippen molar-refractivity contribution in [3.05, 3.63) is 0 Å². The molecule has 0 amide bonds. The second-order valence-corrected chi connectivity index (χ2v) is 9.46. The summed E-state index contributed by atoms with van der Waals surface area (Å²) in [5, 5.41) is 0. The van der Waals surface area contributed by atoms with Gasteiger partial charge in [-0.2, -0.15) is 0 Å². The van der Waals surface area contributed by atoms with Gasteiger partial charge >= 0.3 is 94.0 Å². The van der Waals surface area contributed by atoms with Gasteiger partial charge in [-0.25, -0.2) is 0 Å². The summed E-state index contributed by atoms with van der Waals surface area (Å²) in [6.45, 7) is 5.72. The molecule has 2 rings (SSSR count). The van der Waals surface area contributed by atoms with Gasteiger partial charge in [-0.1, -0.05) is 0 Å². The van der Waals surface area contributed by atoms with Gasteiger partial charge in [0, 0.05) is 0 Å². The maximum Gasteiger partial charge on any atom is -0.147 e. The molecule has 2 heterocycles. The van der Waals surface area contributed by atoms with Crippen LogP contribution in [0.3, 0.4) is 0 Å². The standard InChI is InChI=1S/2C5H10N.2ClH.Hf/c2*1-2-4-6-5-3-1;;;/h2*1-5H2;2*1H;/q2*-1;;;+2. The van der Waals surface area contributed by atoms with Gasteiger partial charge in [0.15, 0.2) is 0 Å². The van der Waals surface area contributed by atoms with Crippen LogP contribution in [0, 0.1) is 0 Å². The molecule has 90 valence electrons. The summed E-state index contributed by atoms with van der Waals surface area (Å²) in [6, 6.07) is 0. The largest absolute Gasteiger partial charge is 0.147 e. The summed E-state index contributed by atoms with van der Waals surface area (Å²) in [7, 11) is 0. The summed E-state index contributed by atoms with van der Waals surface area (Å²) in [5.74, 6) is 0. The zero-order valence-corrected chi connectivity index (χ0v) is 14.5. The Morgan fingerprint density at radius 3 is 1.20 bits per heavy atom. The van der Waals surface area contributed by atoms with Crippen molar-refractivity contribution in [1.29, 1.82) is 0 Å². The van der Waals surface area contributed by atoms with Crippen molar-refractivity contribution >= 4 is 24.8 Å². The molecular weight excluding hydrogens is 398 g/mol. The average molecular weight is 420 g/mol. The van der Waals surface area contributed by atoms with Gasteiger partial charge in [0.25, 0.3) is 0 Å². The number of halogens is 2. The van der Waals surface area contributed by atoms with E-state index in [1.54, 1.807) is 0 Å². The van der Waals surface area contributed by atoms with Crippen molar-refractivity contribution in [2.45, 2.75) is 38.5 Å². The molecule has 2 fully saturated rings. The van der Waals surface area contributed by atoms with Crippen LogP contribution in [0.5, 0.6) is 0 Å². The Balaban J connectivity index is 0.000000980. The van der Waals surface area contributed by atoms with E-state index < -0.39 is 23.5 Å². The molecule has 0 spiro atoms. The van der Waals surface area contributed by atoms with E-state index in [0.29, 0.717) is 0 Å². The zero-order chi connectivity index (χ0) is 8.93. The molecule has 0 aromatic carbocycles. The molecule has 0 unspecified atom stereocenters. The molecule has 5 heteroatoms. The third-order valence-electron chi connectivity index (χ3n) is 2.99. The Morgan fingerprint density at radius 1 is 0.533 bits per heavy atom. The van der Waals surface area contributed by atoms with E-state index >= 15 is 0 Å². The van der Waals surface area contributed by atoms with Crippen LogP contribution >= 0.6 is 24.8 Å². The first-order valence-corrected chi connectivity index (χ1v) is 8.93. The molecule has 2 aliphatic heterocycles. The number of nitrogens with zero attached hydrogens (tertiary/aromatic N) is 2. The second-order valence-electron chi connectivity index (χ2n) is 4.20. The van der Waals surface area contributed by atoms with Gasteiger partial charge in [-0.05, 0) is 0 Å². The molecule has 2 aliphatic rings. The third kappa shape index (κ3) is 6.02. The molecule has 0 radical (unpaired) electrons. The fourth-order valence-electron chi connectivity index (χ4n) is 2.19. The molecule has 0 aromatic rings. The predicted octanol–water partition coefficient (Wildman–Crippen LogP) is 2.71. The predicted molar refractivity (Wildman–Crippen MR) is 65.3 cm³/mol. The Labute approximate surface area is 118 Å². The molecule has 0 aromatic heterocycles. The fourth-order valence-corrected chi connectivity index (χ4v) is 7.33. The minimum absolute atomic E-state index is 0. The second kappa shape index (κ2) is 9.41. The molecule has 15 heavy (non-hydrogen) atoms. The van der Waals surface area contributed by atoms with Crippen molar-refractivity contribution in [1.82, 2.24) is 5.78 Å². The van der Waals surface area contributed by atoms with Crippen molar-refractivity contribution in [3.63, 3.8) is 0 Å². The molecule has 0 aliphatic carbocycles. The average Bonchev–Trinajstić information content (AvgIpc) is 2.21. The monoisotopic (exact) mass is 420 g/mol. The Morgan fingerprint density at radius 2 is 0.867 bits per heavy atom. The van der Waals surface area contributed by atoms with Crippen LogP contribution in [0.25, 0.3) is 0 Å². The summed E-state index contributed by atoms with van der Waals surface area (Å²) in [5.41, 5.74) is 0. The van der Waals surface area contributed by atoms with Crippen LogP contribution in [0.1, 0.15) is 38.5 Å². The first kappa shape index (κ1) is 16.4. The van der Waals surface area contributed by atoms with Crippen LogP contribution in [0.2, 0.25) is 0 Å². The normalized spacial score (nSPS) is 23.7. The first-order chi connectivity index (χ1) is 6.45. The van der Waals surface area contributed by atoms with Gasteiger partial charge in [-0.3, -0.25) is 0 Å². The molecule has 2 saturated heterocycles. The van der Waals surface area contributed by atoms with E-state index in [-0.39, 0.29) is 24.8 Å². The van der Waals surface area contributed by atoms with Crippen LogP contribution in [-0.2, 0) is 23.5 Å². The summed E-state index contributed by atoms with van der Waals surface area (Å²) < 4.78 is 5.66. The first-order valence-electron chi connectivity index (χ1n) is 5.71. The molecule has 2 nitrogen and oxygen atoms in total. The quantitative estimate of drug-likeness (QED) is 0.635. The van der Waals surface area contributed by atoms with Crippen molar-refractivity contribution in [3.8, 4) is 0 Å². The van der Waals surface area contributed by atoms with Gasteiger partial charge < -0.3 is 0 Å². The summed E-state index contributed by atoms with van der Waals surface area (Å²) in [6.07, 6.45) is 8.86. The fraction of sp³-hybridized carbons (Fsp3) is 1.00. The number of rotatable bonds is 2. The van der Waals surface area contributed by atoms with E-state index in [9.17, 15) is 0 Å². The van der Waals surface area contributed by atoms with Crippen molar-refractivity contribution < 1.29 is 23.5 Å². The van der Waals surface area contributed by atoms with E-state index in [0.717, 1.165) is 0 Å². The Hall–Kier alpha value is 1.37. The maximum atomic E-state index is 2.83. The van der Waals surface area contributed by atoms with E-state index in [1.807, 2.05) is 0 Å². The van der Waals surface area contributed by atoms with Crippen LogP contribution < -0.4 is 0 Å². The van der Waals surface area contributed by atoms with E-state index in [2.05, 4.69) is 5.78 Å². The number of hydrogen-bond donors (Lipinski definition) is 0. The minimum atomic E-state index is -0.519. The summed E-state index contributed by atoms with van der Waals surface area (Å²) >= 11 is -0.519. The number of hydrogen-bond acceptors (Lipinski definition) is 2. The smallest absolute Gasteiger partial charge is 0.147 e. The van der Waals surface area contributed by atoms with Gasteiger partial charge in [0.1, 0.15) is 0 Å². The van der Waals surface area contributed by atoms with Crippen molar-refractivity contribution in [2.24, 2.45) is 0 Å². The van der Waals surface area contributed by atoms with Gasteiger partial charge in [0.05, 0.1) is 0 Å². The molecular formula is C10H22Cl2HfN2. The topological polar surface area (TPSA) is 6.48 Å². The Bertz CT molecular complexity index is 132. The van der Waals surface area contributed by atoms with E-state index in [1.165, 1.54) is 64.7 Å². The third-order valence-corrected chi connectivity index (χ3v) is 8.24. The Kier molecular flexibility index (Phi) is 10.3. The molecule has 0 atom stereocenters. The SMILES string of the molecule is C1CC[N]([Hf][N]2CCCCC2)CC1.Cl.Cl. The van der Waals surface area contributed by atoms with Gasteiger partial charge in [0.2, 0.25) is 0 Å². The summed E-state index contributed by atoms with van der Waals surface area (Å²) in [4.78, 5) is 0. The zero-order valence-electron chi connectivity index (χ0n) is 9.28. The van der Waals surface area contributed by atoms with Crippen LogP contribution in [0.15, 0.2) is 0 Å². The van der Waals surface area contributed by atoms with Crippen LogP contribution in [-0.4, -0.2) is 32.0 Å². The van der Waals surface area contributed by atoms with Crippen molar-refractivity contribution in [2.75, 3.05) is 26.2 Å². The molecule has 0 N–H and O–H groups in total.